The average molecular weight is 441 g/mol. The Morgan fingerprint density at radius 2 is 2.00 bits per heavy atom. The molecule has 1 aromatic carbocycles. The number of esters is 1. The molecule has 1 N–H and O–H groups in total. The molecule has 32 heavy (non-hydrogen) atoms. The third-order valence-corrected chi connectivity index (χ3v) is 6.39. The number of amides is 2. The van der Waals surface area contributed by atoms with E-state index < -0.39 is 17.4 Å². The lowest BCUT2D eigenvalue weighted by molar-refractivity contribution is -0.134. The molecule has 2 aromatic rings. The number of carbonyl (C=O) groups excluding carboxylic acids is 3. The van der Waals surface area contributed by atoms with Crippen LogP contribution in [0.5, 0.6) is 5.75 Å². The first-order chi connectivity index (χ1) is 15.4. The molecule has 0 spiro atoms. The summed E-state index contributed by atoms with van der Waals surface area (Å²) in [7, 11) is 2.82. The van der Waals surface area contributed by atoms with Crippen LogP contribution >= 0.6 is 0 Å². The number of aromatic nitrogens is 2. The van der Waals surface area contributed by atoms with Crippen molar-refractivity contribution in [3.63, 3.8) is 0 Å². The third kappa shape index (κ3) is 3.83. The minimum absolute atomic E-state index is 0.0496. The Kier molecular flexibility index (Phi) is 5.90. The third-order valence-electron chi connectivity index (χ3n) is 6.39. The van der Waals surface area contributed by atoms with Gasteiger partial charge in [-0.1, -0.05) is 25.0 Å². The lowest BCUT2D eigenvalue weighted by atomic mass is 9.93. The van der Waals surface area contributed by atoms with Crippen molar-refractivity contribution in [1.29, 1.82) is 0 Å². The van der Waals surface area contributed by atoms with Gasteiger partial charge in [0.2, 0.25) is 5.91 Å². The fraction of sp³-hybridized carbons (Fsp3) is 0.478. The highest BCUT2D eigenvalue weighted by atomic mass is 16.5. The van der Waals surface area contributed by atoms with Crippen LogP contribution < -0.4 is 10.1 Å². The first-order valence-corrected chi connectivity index (χ1v) is 10.8. The molecule has 0 bridgehead atoms. The lowest BCUT2D eigenvalue weighted by Gasteiger charge is -2.44. The SMILES string of the molecule is COC(=O)c1ncn2c1C(=O)N(Cc1cccc(OC)c1)C(C)(C(=O)NC1CCCC1)C2. The Balaban J connectivity index is 1.73. The maximum Gasteiger partial charge on any atom is 0.359 e. The van der Waals surface area contributed by atoms with Crippen LogP contribution in [0.1, 0.15) is 59.1 Å². The Labute approximate surface area is 186 Å². The van der Waals surface area contributed by atoms with Crippen molar-refractivity contribution in [2.24, 2.45) is 0 Å². The summed E-state index contributed by atoms with van der Waals surface area (Å²) < 4.78 is 11.7. The normalized spacial score (nSPS) is 20.7. The van der Waals surface area contributed by atoms with Crippen molar-refractivity contribution < 1.29 is 23.9 Å². The fourth-order valence-electron chi connectivity index (χ4n) is 4.55. The molecule has 1 aromatic heterocycles. The van der Waals surface area contributed by atoms with E-state index in [0.29, 0.717) is 5.75 Å². The van der Waals surface area contributed by atoms with Gasteiger partial charge in [0.1, 0.15) is 17.0 Å². The smallest absolute Gasteiger partial charge is 0.359 e. The van der Waals surface area contributed by atoms with Crippen molar-refractivity contribution in [2.45, 2.75) is 57.3 Å². The van der Waals surface area contributed by atoms with E-state index in [1.54, 1.807) is 18.6 Å². The van der Waals surface area contributed by atoms with E-state index >= 15 is 0 Å². The van der Waals surface area contributed by atoms with Gasteiger partial charge in [-0.05, 0) is 37.5 Å². The maximum absolute atomic E-state index is 13.7. The Morgan fingerprint density at radius 1 is 1.25 bits per heavy atom. The number of nitrogens with zero attached hydrogens (tertiary/aromatic N) is 3. The molecule has 1 atom stereocenters. The van der Waals surface area contributed by atoms with Crippen molar-refractivity contribution >= 4 is 17.8 Å². The number of imidazole rings is 1. The highest BCUT2D eigenvalue weighted by molar-refractivity contribution is 6.06. The van der Waals surface area contributed by atoms with E-state index in [4.69, 9.17) is 9.47 Å². The number of methoxy groups -OCH3 is 2. The van der Waals surface area contributed by atoms with Crippen LogP contribution in [0.4, 0.5) is 0 Å². The summed E-state index contributed by atoms with van der Waals surface area (Å²) >= 11 is 0. The van der Waals surface area contributed by atoms with Gasteiger partial charge in [-0.2, -0.15) is 0 Å². The molecule has 9 heteroatoms. The number of nitrogens with one attached hydrogen (secondary N) is 1. The van der Waals surface area contributed by atoms with Crippen molar-refractivity contribution in [3.05, 3.63) is 47.5 Å². The molecule has 1 aliphatic carbocycles. The van der Waals surface area contributed by atoms with Gasteiger partial charge in [0.05, 0.1) is 27.1 Å². The van der Waals surface area contributed by atoms with Crippen LogP contribution in [0.2, 0.25) is 0 Å². The van der Waals surface area contributed by atoms with Gasteiger partial charge in [-0.15, -0.1) is 0 Å². The average Bonchev–Trinajstić information content (AvgIpc) is 3.46. The second-order valence-electron chi connectivity index (χ2n) is 8.53. The van der Waals surface area contributed by atoms with Crippen LogP contribution in [-0.4, -0.2) is 58.0 Å². The standard InChI is InChI=1S/C23H28N4O5/c1-23(22(30)25-16-8-4-5-9-16)13-26-14-24-18(21(29)32-3)19(26)20(28)27(23)12-15-7-6-10-17(11-15)31-2/h6-7,10-11,14,16H,4-5,8-9,12-13H2,1-3H3,(H,25,30). The van der Waals surface area contributed by atoms with Crippen LogP contribution in [-0.2, 0) is 22.6 Å². The van der Waals surface area contributed by atoms with Crippen LogP contribution in [0.3, 0.4) is 0 Å². The highest BCUT2D eigenvalue weighted by Crippen LogP contribution is 2.32. The number of benzene rings is 1. The van der Waals surface area contributed by atoms with E-state index in [1.807, 2.05) is 24.3 Å². The maximum atomic E-state index is 13.7. The monoisotopic (exact) mass is 440 g/mol. The second kappa shape index (κ2) is 8.64. The van der Waals surface area contributed by atoms with Gasteiger partial charge in [-0.3, -0.25) is 9.59 Å². The van der Waals surface area contributed by atoms with Crippen molar-refractivity contribution in [3.8, 4) is 5.75 Å². The van der Waals surface area contributed by atoms with Gasteiger partial charge in [0.15, 0.2) is 5.69 Å². The van der Waals surface area contributed by atoms with E-state index in [0.717, 1.165) is 31.2 Å². The van der Waals surface area contributed by atoms with Crippen LogP contribution in [0, 0.1) is 0 Å². The predicted octanol–water partition coefficient (Wildman–Crippen LogP) is 2.15. The summed E-state index contributed by atoms with van der Waals surface area (Å²) in [5.74, 6) is -0.683. The zero-order valence-electron chi connectivity index (χ0n) is 18.6. The molecule has 2 aliphatic rings. The molecule has 0 saturated heterocycles. The summed E-state index contributed by atoms with van der Waals surface area (Å²) in [5.41, 5.74) is -0.272. The molecular weight excluding hydrogens is 412 g/mol. The molecule has 1 fully saturated rings. The van der Waals surface area contributed by atoms with Gasteiger partial charge in [-0.25, -0.2) is 9.78 Å². The molecular formula is C23H28N4O5. The minimum atomic E-state index is -1.16. The summed E-state index contributed by atoms with van der Waals surface area (Å²) in [6.45, 7) is 2.12. The molecule has 4 rings (SSSR count). The number of fused-ring (bicyclic) bond motifs is 1. The lowest BCUT2D eigenvalue weighted by Crippen LogP contribution is -2.64. The van der Waals surface area contributed by atoms with E-state index in [1.165, 1.54) is 18.3 Å². The molecule has 2 heterocycles. The van der Waals surface area contributed by atoms with Gasteiger partial charge >= 0.3 is 5.97 Å². The summed E-state index contributed by atoms with van der Waals surface area (Å²) in [5, 5.41) is 3.14. The van der Waals surface area contributed by atoms with Crippen LogP contribution in [0.15, 0.2) is 30.6 Å². The molecule has 170 valence electrons. The summed E-state index contributed by atoms with van der Waals surface area (Å²) in [6.07, 6.45) is 5.47. The van der Waals surface area contributed by atoms with Gasteiger partial charge < -0.3 is 24.3 Å². The second-order valence-corrected chi connectivity index (χ2v) is 8.53. The number of rotatable bonds is 6. The van der Waals surface area contributed by atoms with E-state index in [-0.39, 0.29) is 36.4 Å². The molecule has 9 nitrogen and oxygen atoms in total. The number of hydrogen-bond donors (Lipinski definition) is 1. The van der Waals surface area contributed by atoms with Gasteiger partial charge in [0, 0.05) is 12.6 Å². The first kappa shape index (κ1) is 21.9. The minimum Gasteiger partial charge on any atom is -0.497 e. The fourth-order valence-corrected chi connectivity index (χ4v) is 4.55. The Bertz CT molecular complexity index is 1040. The topological polar surface area (TPSA) is 103 Å². The number of ether oxygens (including phenoxy) is 2. The first-order valence-electron chi connectivity index (χ1n) is 10.8. The Hall–Kier alpha value is -3.36. The molecule has 1 aliphatic heterocycles. The summed E-state index contributed by atoms with van der Waals surface area (Å²) in [4.78, 5) is 45.0. The predicted molar refractivity (Wildman–Crippen MR) is 115 cm³/mol. The molecule has 2 amide bonds. The largest absolute Gasteiger partial charge is 0.497 e. The van der Waals surface area contributed by atoms with E-state index in [9.17, 15) is 14.4 Å². The Morgan fingerprint density at radius 3 is 2.69 bits per heavy atom. The van der Waals surface area contributed by atoms with Crippen molar-refractivity contribution in [1.82, 2.24) is 19.8 Å². The van der Waals surface area contributed by atoms with Crippen molar-refractivity contribution in [2.75, 3.05) is 14.2 Å². The molecule has 0 radical (unpaired) electrons. The zero-order valence-corrected chi connectivity index (χ0v) is 18.6. The molecule has 1 saturated carbocycles. The number of carbonyl (C=O) groups is 3. The van der Waals surface area contributed by atoms with Crippen LogP contribution in [0.25, 0.3) is 0 Å². The van der Waals surface area contributed by atoms with E-state index in [2.05, 4.69) is 10.3 Å². The quantitative estimate of drug-likeness (QED) is 0.691. The van der Waals surface area contributed by atoms with Gasteiger partial charge in [0.25, 0.3) is 5.91 Å². The summed E-state index contributed by atoms with van der Waals surface area (Å²) in [6, 6.07) is 7.47. The number of hydrogen-bond acceptors (Lipinski definition) is 6. The zero-order chi connectivity index (χ0) is 22.9. The molecule has 1 unspecified atom stereocenters. The highest BCUT2D eigenvalue weighted by Gasteiger charge is 2.49.